The van der Waals surface area contributed by atoms with Crippen LogP contribution in [0.25, 0.3) is 0 Å². The summed E-state index contributed by atoms with van der Waals surface area (Å²) in [5.74, 6) is 0.325. The van der Waals surface area contributed by atoms with Crippen LogP contribution < -0.4 is 10.1 Å². The smallest absolute Gasteiger partial charge is 0.269 e. The van der Waals surface area contributed by atoms with E-state index in [1.165, 1.54) is 24.3 Å². The van der Waals surface area contributed by atoms with Gasteiger partial charge in [0.2, 0.25) is 0 Å². The number of anilines is 1. The van der Waals surface area contributed by atoms with Gasteiger partial charge in [0.15, 0.2) is 6.10 Å². The monoisotopic (exact) mass is 300 g/mol. The van der Waals surface area contributed by atoms with E-state index in [2.05, 4.69) is 5.32 Å². The lowest BCUT2D eigenvalue weighted by molar-refractivity contribution is -0.384. The molecule has 0 radical (unpaired) electrons. The Labute approximate surface area is 127 Å². The molecule has 1 N–H and O–H groups in total. The van der Waals surface area contributed by atoms with Crippen LogP contribution in [0.2, 0.25) is 0 Å². The number of carbonyl (C=O) groups excluding carboxylic acids is 1. The van der Waals surface area contributed by atoms with Gasteiger partial charge in [0.1, 0.15) is 5.75 Å². The molecule has 0 aliphatic carbocycles. The van der Waals surface area contributed by atoms with Crippen LogP contribution >= 0.6 is 0 Å². The van der Waals surface area contributed by atoms with Gasteiger partial charge in [0, 0.05) is 17.8 Å². The van der Waals surface area contributed by atoms with Gasteiger partial charge in [-0.25, -0.2) is 0 Å². The third-order valence-corrected chi connectivity index (χ3v) is 3.11. The van der Waals surface area contributed by atoms with Gasteiger partial charge in [0.05, 0.1) is 4.92 Å². The number of nitro groups is 1. The summed E-state index contributed by atoms with van der Waals surface area (Å²) in [5, 5.41) is 13.2. The van der Waals surface area contributed by atoms with Gasteiger partial charge in [-0.3, -0.25) is 14.9 Å². The number of hydrogen-bond donors (Lipinski definition) is 1. The minimum Gasteiger partial charge on any atom is -0.481 e. The average Bonchev–Trinajstić information content (AvgIpc) is 2.50. The molecule has 0 aromatic heterocycles. The van der Waals surface area contributed by atoms with Gasteiger partial charge in [0.25, 0.3) is 11.6 Å². The SMILES string of the molecule is Cc1ccccc1OC(C)C(=O)Nc1ccc([N+](=O)[O-])cc1. The number of carbonyl (C=O) groups is 1. The van der Waals surface area contributed by atoms with Crippen molar-refractivity contribution in [2.45, 2.75) is 20.0 Å². The molecule has 0 saturated carbocycles. The zero-order valence-corrected chi connectivity index (χ0v) is 12.3. The summed E-state index contributed by atoms with van der Waals surface area (Å²) in [5.41, 5.74) is 1.40. The van der Waals surface area contributed by atoms with Crippen LogP contribution in [-0.4, -0.2) is 16.9 Å². The summed E-state index contributed by atoms with van der Waals surface area (Å²) in [6, 6.07) is 13.1. The Bertz CT molecular complexity index is 683. The molecule has 0 spiro atoms. The fraction of sp³-hybridized carbons (Fsp3) is 0.188. The van der Waals surface area contributed by atoms with Gasteiger partial charge in [-0.15, -0.1) is 0 Å². The second kappa shape index (κ2) is 6.71. The van der Waals surface area contributed by atoms with Crippen LogP contribution in [0.5, 0.6) is 5.75 Å². The number of non-ortho nitro benzene ring substituents is 1. The Morgan fingerprint density at radius 3 is 2.41 bits per heavy atom. The number of amides is 1. The van der Waals surface area contributed by atoms with Crippen LogP contribution in [0.1, 0.15) is 12.5 Å². The molecule has 2 aromatic carbocycles. The number of nitro benzene ring substituents is 1. The lowest BCUT2D eigenvalue weighted by atomic mass is 10.2. The topological polar surface area (TPSA) is 81.5 Å². The lowest BCUT2D eigenvalue weighted by Crippen LogP contribution is -2.30. The standard InChI is InChI=1S/C16H16N2O4/c1-11-5-3-4-6-15(11)22-12(2)16(19)17-13-7-9-14(10-8-13)18(20)21/h3-10,12H,1-2H3,(H,17,19). The van der Waals surface area contributed by atoms with Crippen molar-refractivity contribution < 1.29 is 14.5 Å². The van der Waals surface area contributed by atoms with Crippen molar-refractivity contribution in [1.29, 1.82) is 0 Å². The highest BCUT2D eigenvalue weighted by atomic mass is 16.6. The molecule has 0 saturated heterocycles. The van der Waals surface area contributed by atoms with E-state index >= 15 is 0 Å². The van der Waals surface area contributed by atoms with E-state index in [9.17, 15) is 14.9 Å². The van der Waals surface area contributed by atoms with E-state index in [0.29, 0.717) is 11.4 Å². The summed E-state index contributed by atoms with van der Waals surface area (Å²) in [4.78, 5) is 22.2. The van der Waals surface area contributed by atoms with E-state index in [4.69, 9.17) is 4.74 Å². The first-order valence-electron chi connectivity index (χ1n) is 6.75. The van der Waals surface area contributed by atoms with Crippen LogP contribution in [0.4, 0.5) is 11.4 Å². The van der Waals surface area contributed by atoms with Crippen molar-refractivity contribution in [3.8, 4) is 5.75 Å². The molecule has 0 heterocycles. The van der Waals surface area contributed by atoms with Crippen molar-refractivity contribution in [2.75, 3.05) is 5.32 Å². The Morgan fingerprint density at radius 2 is 1.82 bits per heavy atom. The highest BCUT2D eigenvalue weighted by Crippen LogP contribution is 2.19. The van der Waals surface area contributed by atoms with E-state index in [1.807, 2.05) is 25.1 Å². The Morgan fingerprint density at radius 1 is 1.18 bits per heavy atom. The summed E-state index contributed by atoms with van der Waals surface area (Å²) < 4.78 is 5.62. The number of nitrogens with one attached hydrogen (secondary N) is 1. The Kier molecular flexibility index (Phi) is 4.73. The number of nitrogens with zero attached hydrogens (tertiary/aromatic N) is 1. The molecule has 2 aromatic rings. The van der Waals surface area contributed by atoms with Gasteiger partial charge < -0.3 is 10.1 Å². The largest absolute Gasteiger partial charge is 0.481 e. The molecule has 0 fully saturated rings. The highest BCUT2D eigenvalue weighted by Gasteiger charge is 2.16. The third kappa shape index (κ3) is 3.82. The first-order chi connectivity index (χ1) is 10.5. The number of rotatable bonds is 5. The van der Waals surface area contributed by atoms with Gasteiger partial charge in [-0.05, 0) is 37.6 Å². The van der Waals surface area contributed by atoms with E-state index in [-0.39, 0.29) is 11.6 Å². The van der Waals surface area contributed by atoms with Crippen molar-refractivity contribution in [3.05, 3.63) is 64.2 Å². The molecule has 1 unspecified atom stereocenters. The molecule has 114 valence electrons. The van der Waals surface area contributed by atoms with Crippen molar-refractivity contribution in [2.24, 2.45) is 0 Å². The maximum absolute atomic E-state index is 12.1. The van der Waals surface area contributed by atoms with Gasteiger partial charge in [-0.2, -0.15) is 0 Å². The highest BCUT2D eigenvalue weighted by molar-refractivity contribution is 5.94. The molecule has 1 amide bonds. The first-order valence-corrected chi connectivity index (χ1v) is 6.75. The lowest BCUT2D eigenvalue weighted by Gasteiger charge is -2.16. The second-order valence-corrected chi connectivity index (χ2v) is 4.82. The van der Waals surface area contributed by atoms with Crippen molar-refractivity contribution in [3.63, 3.8) is 0 Å². The first kappa shape index (κ1) is 15.5. The quantitative estimate of drug-likeness (QED) is 0.678. The molecule has 22 heavy (non-hydrogen) atoms. The molecule has 6 heteroatoms. The third-order valence-electron chi connectivity index (χ3n) is 3.11. The van der Waals surface area contributed by atoms with E-state index in [0.717, 1.165) is 5.56 Å². The van der Waals surface area contributed by atoms with Crippen LogP contribution in [0.15, 0.2) is 48.5 Å². The summed E-state index contributed by atoms with van der Waals surface area (Å²) >= 11 is 0. The molecular weight excluding hydrogens is 284 g/mol. The predicted octanol–water partition coefficient (Wildman–Crippen LogP) is 3.31. The normalized spacial score (nSPS) is 11.5. The van der Waals surface area contributed by atoms with Crippen molar-refractivity contribution in [1.82, 2.24) is 0 Å². The maximum atomic E-state index is 12.1. The summed E-state index contributed by atoms with van der Waals surface area (Å²) in [7, 11) is 0. The molecule has 0 aliphatic rings. The predicted molar refractivity (Wildman–Crippen MR) is 83.0 cm³/mol. The zero-order valence-electron chi connectivity index (χ0n) is 12.3. The molecule has 2 rings (SSSR count). The number of para-hydroxylation sites is 1. The average molecular weight is 300 g/mol. The van der Waals surface area contributed by atoms with E-state index in [1.54, 1.807) is 13.0 Å². The number of ether oxygens (including phenoxy) is 1. The second-order valence-electron chi connectivity index (χ2n) is 4.82. The summed E-state index contributed by atoms with van der Waals surface area (Å²) in [6.07, 6.45) is -0.684. The maximum Gasteiger partial charge on any atom is 0.269 e. The fourth-order valence-corrected chi connectivity index (χ4v) is 1.84. The van der Waals surface area contributed by atoms with Gasteiger partial charge >= 0.3 is 0 Å². The molecule has 0 bridgehead atoms. The van der Waals surface area contributed by atoms with Crippen LogP contribution in [0, 0.1) is 17.0 Å². The Hall–Kier alpha value is -2.89. The van der Waals surface area contributed by atoms with Crippen molar-refractivity contribution >= 4 is 17.3 Å². The van der Waals surface area contributed by atoms with Gasteiger partial charge in [-0.1, -0.05) is 18.2 Å². The minimum atomic E-state index is -0.684. The zero-order chi connectivity index (χ0) is 16.1. The van der Waals surface area contributed by atoms with Crippen LogP contribution in [-0.2, 0) is 4.79 Å². The number of aryl methyl sites for hydroxylation is 1. The fourth-order valence-electron chi connectivity index (χ4n) is 1.84. The van der Waals surface area contributed by atoms with E-state index < -0.39 is 11.0 Å². The molecule has 6 nitrogen and oxygen atoms in total. The molecule has 0 aliphatic heterocycles. The Balaban J connectivity index is 1.99. The molecule has 1 atom stereocenters. The number of benzene rings is 2. The van der Waals surface area contributed by atoms with Crippen LogP contribution in [0.3, 0.4) is 0 Å². The summed E-state index contributed by atoms with van der Waals surface area (Å²) in [6.45, 7) is 3.55. The number of hydrogen-bond acceptors (Lipinski definition) is 4. The molecular formula is C16H16N2O4. The minimum absolute atomic E-state index is 0.0257.